The van der Waals surface area contributed by atoms with Crippen LogP contribution in [0.5, 0.6) is 5.75 Å². The summed E-state index contributed by atoms with van der Waals surface area (Å²) in [5.74, 6) is -1.69. The molecule has 1 amide bonds. The standard InChI is InChI=1S/C30H30N2O6/c1-18(2)17-37-24-10-6-7-21(16-24)27(33)25-26(20-11-13-31-14-12-20)32(29(35)28(25)34)23-9-5-8-22(15-23)30(36)38-19(3)4/h5-16,18-19,26,33H,17H2,1-4H3/b27-25+. The van der Waals surface area contributed by atoms with Gasteiger partial charge < -0.3 is 14.6 Å². The molecule has 1 unspecified atom stereocenters. The van der Waals surface area contributed by atoms with Crippen LogP contribution in [0.25, 0.3) is 5.76 Å². The molecular weight excluding hydrogens is 484 g/mol. The van der Waals surface area contributed by atoms with Crippen molar-refractivity contribution in [3.63, 3.8) is 0 Å². The van der Waals surface area contributed by atoms with Crippen LogP contribution in [0.1, 0.15) is 55.2 Å². The molecule has 0 aliphatic carbocycles. The van der Waals surface area contributed by atoms with E-state index in [1.165, 1.54) is 11.0 Å². The third-order valence-corrected chi connectivity index (χ3v) is 5.86. The molecule has 0 spiro atoms. The summed E-state index contributed by atoms with van der Waals surface area (Å²) in [6.07, 6.45) is 2.77. The van der Waals surface area contributed by atoms with Gasteiger partial charge in [-0.2, -0.15) is 0 Å². The lowest BCUT2D eigenvalue weighted by molar-refractivity contribution is -0.132. The molecule has 196 valence electrons. The number of Topliss-reactive ketones (excluding diaryl/α,β-unsaturated/α-hetero) is 1. The highest BCUT2D eigenvalue weighted by molar-refractivity contribution is 6.51. The van der Waals surface area contributed by atoms with Crippen LogP contribution in [0.15, 0.2) is 78.6 Å². The smallest absolute Gasteiger partial charge is 0.338 e. The average Bonchev–Trinajstić information content (AvgIpc) is 3.17. The van der Waals surface area contributed by atoms with Crippen LogP contribution in [0, 0.1) is 5.92 Å². The van der Waals surface area contributed by atoms with E-state index in [1.807, 2.05) is 13.8 Å². The molecule has 1 atom stereocenters. The van der Waals surface area contributed by atoms with Crippen molar-refractivity contribution in [3.05, 3.63) is 95.3 Å². The molecule has 38 heavy (non-hydrogen) atoms. The van der Waals surface area contributed by atoms with Crippen molar-refractivity contribution in [3.8, 4) is 5.75 Å². The first-order valence-electron chi connectivity index (χ1n) is 12.4. The van der Waals surface area contributed by atoms with Gasteiger partial charge >= 0.3 is 5.97 Å². The number of amides is 1. The Morgan fingerprint density at radius 3 is 2.34 bits per heavy atom. The van der Waals surface area contributed by atoms with E-state index in [0.29, 0.717) is 35.1 Å². The molecule has 3 aromatic rings. The lowest BCUT2D eigenvalue weighted by Gasteiger charge is -2.25. The van der Waals surface area contributed by atoms with E-state index in [4.69, 9.17) is 9.47 Å². The molecule has 0 bridgehead atoms. The van der Waals surface area contributed by atoms with Gasteiger partial charge in [0.25, 0.3) is 11.7 Å². The van der Waals surface area contributed by atoms with Crippen molar-refractivity contribution in [1.82, 2.24) is 4.98 Å². The number of anilines is 1. The zero-order valence-corrected chi connectivity index (χ0v) is 21.8. The maximum absolute atomic E-state index is 13.4. The van der Waals surface area contributed by atoms with E-state index >= 15 is 0 Å². The van der Waals surface area contributed by atoms with Gasteiger partial charge in [0.15, 0.2) is 0 Å². The van der Waals surface area contributed by atoms with Crippen LogP contribution in [-0.2, 0) is 14.3 Å². The molecule has 8 nitrogen and oxygen atoms in total. The fraction of sp³-hybridized carbons (Fsp3) is 0.267. The molecule has 0 saturated carbocycles. The van der Waals surface area contributed by atoms with Gasteiger partial charge in [-0.1, -0.05) is 32.0 Å². The predicted octanol–water partition coefficient (Wildman–Crippen LogP) is 5.31. The molecule has 2 heterocycles. The quantitative estimate of drug-likeness (QED) is 0.188. The summed E-state index contributed by atoms with van der Waals surface area (Å²) < 4.78 is 11.1. The number of hydrogen-bond donors (Lipinski definition) is 1. The highest BCUT2D eigenvalue weighted by Gasteiger charge is 2.47. The fourth-order valence-electron chi connectivity index (χ4n) is 4.18. The average molecular weight is 515 g/mol. The number of ketones is 1. The number of aliphatic hydroxyl groups excluding tert-OH is 1. The Labute approximate surface area is 221 Å². The third kappa shape index (κ3) is 5.59. The first kappa shape index (κ1) is 26.6. The maximum Gasteiger partial charge on any atom is 0.338 e. The summed E-state index contributed by atoms with van der Waals surface area (Å²) in [6, 6.07) is 15.5. The molecule has 0 radical (unpaired) electrons. The van der Waals surface area contributed by atoms with Gasteiger partial charge in [-0.05, 0) is 67.8 Å². The number of benzene rings is 2. The van der Waals surface area contributed by atoms with Gasteiger partial charge in [0, 0.05) is 23.6 Å². The van der Waals surface area contributed by atoms with Crippen LogP contribution in [-0.4, -0.2) is 40.5 Å². The number of carbonyl (C=O) groups excluding carboxylic acids is 3. The molecule has 8 heteroatoms. The molecule has 1 aromatic heterocycles. The van der Waals surface area contributed by atoms with Crippen molar-refractivity contribution in [1.29, 1.82) is 0 Å². The third-order valence-electron chi connectivity index (χ3n) is 5.86. The topological polar surface area (TPSA) is 106 Å². The first-order chi connectivity index (χ1) is 18.2. The zero-order valence-electron chi connectivity index (χ0n) is 21.8. The minimum atomic E-state index is -0.949. The first-order valence-corrected chi connectivity index (χ1v) is 12.4. The summed E-state index contributed by atoms with van der Waals surface area (Å²) in [5, 5.41) is 11.4. The maximum atomic E-state index is 13.4. The summed E-state index contributed by atoms with van der Waals surface area (Å²) >= 11 is 0. The van der Waals surface area contributed by atoms with E-state index in [-0.39, 0.29) is 23.0 Å². The number of nitrogens with zero attached hydrogens (tertiary/aromatic N) is 2. The number of rotatable bonds is 8. The summed E-state index contributed by atoms with van der Waals surface area (Å²) in [6.45, 7) is 8.02. The lowest BCUT2D eigenvalue weighted by atomic mass is 9.95. The van der Waals surface area contributed by atoms with Gasteiger partial charge in [-0.25, -0.2) is 4.79 Å². The van der Waals surface area contributed by atoms with Crippen molar-refractivity contribution in [2.75, 3.05) is 11.5 Å². The van der Waals surface area contributed by atoms with Crippen LogP contribution < -0.4 is 9.64 Å². The Hall–Kier alpha value is -4.46. The Kier molecular flexibility index (Phi) is 7.90. The molecule has 2 aromatic carbocycles. The zero-order chi connectivity index (χ0) is 27.4. The van der Waals surface area contributed by atoms with Crippen molar-refractivity contribution in [2.24, 2.45) is 5.92 Å². The van der Waals surface area contributed by atoms with E-state index in [2.05, 4.69) is 4.98 Å². The van der Waals surface area contributed by atoms with E-state index in [1.54, 1.807) is 80.8 Å². The molecule has 1 fully saturated rings. The summed E-state index contributed by atoms with van der Waals surface area (Å²) in [4.78, 5) is 44.7. The van der Waals surface area contributed by atoms with Crippen molar-refractivity contribution < 1.29 is 29.0 Å². The lowest BCUT2D eigenvalue weighted by Crippen LogP contribution is -2.29. The molecule has 1 saturated heterocycles. The van der Waals surface area contributed by atoms with Crippen LogP contribution in [0.4, 0.5) is 5.69 Å². The minimum Gasteiger partial charge on any atom is -0.507 e. The second-order valence-corrected chi connectivity index (χ2v) is 9.69. The van der Waals surface area contributed by atoms with Gasteiger partial charge in [0.05, 0.1) is 29.9 Å². The van der Waals surface area contributed by atoms with Gasteiger partial charge in [0.1, 0.15) is 11.5 Å². The van der Waals surface area contributed by atoms with E-state index < -0.39 is 23.7 Å². The molecule has 1 aliphatic heterocycles. The number of aromatic nitrogens is 1. The highest BCUT2D eigenvalue weighted by Crippen LogP contribution is 2.42. The molecule has 1 N–H and O–H groups in total. The summed E-state index contributed by atoms with van der Waals surface area (Å²) in [5.41, 5.74) is 1.40. The number of esters is 1. The van der Waals surface area contributed by atoms with Gasteiger partial charge in [0.2, 0.25) is 0 Å². The van der Waals surface area contributed by atoms with Gasteiger partial charge in [-0.3, -0.25) is 19.5 Å². The molecular formula is C30H30N2O6. The Morgan fingerprint density at radius 2 is 1.66 bits per heavy atom. The normalized spacial score (nSPS) is 16.8. The molecule has 1 aliphatic rings. The van der Waals surface area contributed by atoms with Gasteiger partial charge in [-0.15, -0.1) is 0 Å². The van der Waals surface area contributed by atoms with E-state index in [9.17, 15) is 19.5 Å². The number of aliphatic hydroxyl groups is 1. The fourth-order valence-corrected chi connectivity index (χ4v) is 4.18. The molecule has 4 rings (SSSR count). The monoisotopic (exact) mass is 514 g/mol. The number of ether oxygens (including phenoxy) is 2. The van der Waals surface area contributed by atoms with Crippen molar-refractivity contribution in [2.45, 2.75) is 39.8 Å². The highest BCUT2D eigenvalue weighted by atomic mass is 16.5. The summed E-state index contributed by atoms with van der Waals surface area (Å²) in [7, 11) is 0. The number of pyridine rings is 1. The Bertz CT molecular complexity index is 1380. The predicted molar refractivity (Wildman–Crippen MR) is 143 cm³/mol. The number of hydrogen-bond acceptors (Lipinski definition) is 7. The Balaban J connectivity index is 1.83. The largest absolute Gasteiger partial charge is 0.507 e. The van der Waals surface area contributed by atoms with Crippen LogP contribution in [0.2, 0.25) is 0 Å². The van der Waals surface area contributed by atoms with E-state index in [0.717, 1.165) is 0 Å². The second kappa shape index (κ2) is 11.3. The number of carbonyl (C=O) groups is 3. The SMILES string of the molecule is CC(C)COc1cccc(/C(O)=C2\C(=O)C(=O)N(c3cccc(C(=O)OC(C)C)c3)C2c2ccncc2)c1. The van der Waals surface area contributed by atoms with Crippen LogP contribution >= 0.6 is 0 Å². The Morgan fingerprint density at radius 1 is 0.974 bits per heavy atom. The second-order valence-electron chi connectivity index (χ2n) is 9.69. The van der Waals surface area contributed by atoms with Crippen molar-refractivity contribution >= 4 is 29.1 Å². The minimum absolute atomic E-state index is 0.0719. The van der Waals surface area contributed by atoms with Crippen LogP contribution in [0.3, 0.4) is 0 Å².